The number of benzene rings is 1. The molecule has 0 aliphatic carbocycles. The van der Waals surface area contributed by atoms with E-state index in [9.17, 15) is 19.5 Å². The normalized spacial score (nSPS) is 18.6. The summed E-state index contributed by atoms with van der Waals surface area (Å²) in [6.07, 6.45) is 0.681. The Bertz CT molecular complexity index is 562. The van der Waals surface area contributed by atoms with Crippen LogP contribution in [0.1, 0.15) is 22.3 Å². The maximum Gasteiger partial charge on any atom is 0.335 e. The van der Waals surface area contributed by atoms with Crippen LogP contribution < -0.4 is 5.32 Å². The van der Waals surface area contributed by atoms with Gasteiger partial charge in [0.05, 0.1) is 18.1 Å². The fourth-order valence-electron chi connectivity index (χ4n) is 2.25. The molecule has 0 saturated carbocycles. The lowest BCUT2D eigenvalue weighted by molar-refractivity contribution is -0.142. The summed E-state index contributed by atoms with van der Waals surface area (Å²) in [6.45, 7) is 0.817. The minimum Gasteiger partial charge on any atom is -0.480 e. The van der Waals surface area contributed by atoms with E-state index in [2.05, 4.69) is 5.32 Å². The number of carboxylic acids is 2. The first kappa shape index (κ1) is 16.0. The molecule has 1 heterocycles. The van der Waals surface area contributed by atoms with Crippen molar-refractivity contribution in [1.29, 1.82) is 0 Å². The Labute approximate surface area is 126 Å². The summed E-state index contributed by atoms with van der Waals surface area (Å²) < 4.78 is 5.11. The zero-order valence-electron chi connectivity index (χ0n) is 11.8. The third-order valence-corrected chi connectivity index (χ3v) is 3.56. The number of hydrogen-bond donors (Lipinski definition) is 3. The molecule has 0 spiro atoms. The van der Waals surface area contributed by atoms with Crippen molar-refractivity contribution in [2.24, 2.45) is 5.92 Å². The zero-order chi connectivity index (χ0) is 16.1. The number of nitrogens with one attached hydrogen (secondary N) is 1. The number of rotatable bonds is 6. The van der Waals surface area contributed by atoms with Crippen molar-refractivity contribution in [3.8, 4) is 0 Å². The lowest BCUT2D eigenvalue weighted by Gasteiger charge is -2.17. The molecule has 0 aromatic heterocycles. The molecule has 22 heavy (non-hydrogen) atoms. The molecule has 1 aromatic carbocycles. The number of carbonyl (C=O) groups excluding carboxylic acids is 1. The third kappa shape index (κ3) is 4.05. The van der Waals surface area contributed by atoms with Gasteiger partial charge in [-0.05, 0) is 24.1 Å². The van der Waals surface area contributed by atoms with E-state index in [0.717, 1.165) is 0 Å². The number of aliphatic carboxylic acids is 1. The molecule has 0 unspecified atom stereocenters. The third-order valence-electron chi connectivity index (χ3n) is 3.56. The van der Waals surface area contributed by atoms with Crippen LogP contribution in [-0.4, -0.2) is 47.3 Å². The van der Waals surface area contributed by atoms with Gasteiger partial charge in [0.2, 0.25) is 5.91 Å². The smallest absolute Gasteiger partial charge is 0.335 e. The molecule has 1 aliphatic heterocycles. The Morgan fingerprint density at radius 2 is 1.91 bits per heavy atom. The maximum absolute atomic E-state index is 12.0. The molecule has 1 fully saturated rings. The van der Waals surface area contributed by atoms with Gasteiger partial charge in [-0.15, -0.1) is 0 Å². The summed E-state index contributed by atoms with van der Waals surface area (Å²) in [5.41, 5.74) is 0.767. The van der Waals surface area contributed by atoms with Crippen LogP contribution in [0.25, 0.3) is 0 Å². The Hall–Kier alpha value is -2.41. The number of amides is 1. The average molecular weight is 307 g/mol. The standard InChI is InChI=1S/C15H17NO6/c17-13(11-5-6-22-8-11)16-12(15(20)21)7-9-1-3-10(4-2-9)14(18)19/h1-4,11-12H,5-8H2,(H,16,17)(H,18,19)(H,20,21)/t11-,12+/m1/s1. The first-order valence-electron chi connectivity index (χ1n) is 6.90. The lowest BCUT2D eigenvalue weighted by Crippen LogP contribution is -2.45. The highest BCUT2D eigenvalue weighted by Gasteiger charge is 2.28. The fourth-order valence-corrected chi connectivity index (χ4v) is 2.25. The molecule has 0 bridgehead atoms. The van der Waals surface area contributed by atoms with Gasteiger partial charge in [0, 0.05) is 13.0 Å². The predicted molar refractivity (Wildman–Crippen MR) is 75.6 cm³/mol. The number of hydrogen-bond acceptors (Lipinski definition) is 4. The van der Waals surface area contributed by atoms with E-state index in [1.807, 2.05) is 0 Å². The van der Waals surface area contributed by atoms with Gasteiger partial charge in [-0.2, -0.15) is 0 Å². The molecular weight excluding hydrogens is 290 g/mol. The van der Waals surface area contributed by atoms with E-state index >= 15 is 0 Å². The van der Waals surface area contributed by atoms with Crippen molar-refractivity contribution in [3.05, 3.63) is 35.4 Å². The predicted octanol–water partition coefficient (Wildman–Crippen LogP) is 0.533. The largest absolute Gasteiger partial charge is 0.480 e. The van der Waals surface area contributed by atoms with Crippen molar-refractivity contribution in [2.75, 3.05) is 13.2 Å². The monoisotopic (exact) mass is 307 g/mol. The van der Waals surface area contributed by atoms with E-state index in [0.29, 0.717) is 25.2 Å². The molecule has 2 atom stereocenters. The molecule has 0 radical (unpaired) electrons. The van der Waals surface area contributed by atoms with Crippen molar-refractivity contribution >= 4 is 17.8 Å². The molecule has 7 nitrogen and oxygen atoms in total. The fraction of sp³-hybridized carbons (Fsp3) is 0.400. The van der Waals surface area contributed by atoms with Gasteiger partial charge < -0.3 is 20.3 Å². The van der Waals surface area contributed by atoms with Gasteiger partial charge in [-0.3, -0.25) is 4.79 Å². The second kappa shape index (κ2) is 7.04. The topological polar surface area (TPSA) is 113 Å². The second-order valence-electron chi connectivity index (χ2n) is 5.17. The first-order chi connectivity index (χ1) is 10.5. The van der Waals surface area contributed by atoms with Crippen LogP contribution in [-0.2, 0) is 20.7 Å². The highest BCUT2D eigenvalue weighted by molar-refractivity contribution is 5.87. The van der Waals surface area contributed by atoms with Crippen LogP contribution in [0.3, 0.4) is 0 Å². The summed E-state index contributed by atoms with van der Waals surface area (Å²) in [4.78, 5) is 34.0. The van der Waals surface area contributed by atoms with E-state index in [1.54, 1.807) is 12.1 Å². The van der Waals surface area contributed by atoms with E-state index < -0.39 is 18.0 Å². The Balaban J connectivity index is 2.00. The van der Waals surface area contributed by atoms with Crippen molar-refractivity contribution in [3.63, 3.8) is 0 Å². The molecule has 1 aromatic rings. The van der Waals surface area contributed by atoms with Gasteiger partial charge in [-0.25, -0.2) is 9.59 Å². The molecule has 1 aliphatic rings. The summed E-state index contributed by atoms with van der Waals surface area (Å²) >= 11 is 0. The van der Waals surface area contributed by atoms with Crippen LogP contribution >= 0.6 is 0 Å². The van der Waals surface area contributed by atoms with Gasteiger partial charge in [0.1, 0.15) is 6.04 Å². The quantitative estimate of drug-likeness (QED) is 0.706. The number of carboxylic acid groups (broad SMARTS) is 2. The van der Waals surface area contributed by atoms with Gasteiger partial charge in [-0.1, -0.05) is 12.1 Å². The SMILES string of the molecule is O=C(O)c1ccc(C[C@H](NC(=O)[C@@H]2CCOC2)C(=O)O)cc1. The van der Waals surface area contributed by atoms with Crippen LogP contribution in [0.2, 0.25) is 0 Å². The van der Waals surface area contributed by atoms with E-state index in [1.165, 1.54) is 12.1 Å². The molecule has 3 N–H and O–H groups in total. The van der Waals surface area contributed by atoms with Crippen LogP contribution in [0.15, 0.2) is 24.3 Å². The lowest BCUT2D eigenvalue weighted by atomic mass is 10.0. The van der Waals surface area contributed by atoms with E-state index in [4.69, 9.17) is 9.84 Å². The molecule has 2 rings (SSSR count). The van der Waals surface area contributed by atoms with Gasteiger partial charge in [0.15, 0.2) is 0 Å². The van der Waals surface area contributed by atoms with Gasteiger partial charge >= 0.3 is 11.9 Å². The molecule has 1 saturated heterocycles. The Morgan fingerprint density at radius 3 is 2.41 bits per heavy atom. The van der Waals surface area contributed by atoms with Crippen molar-refractivity contribution in [2.45, 2.75) is 18.9 Å². The number of aromatic carboxylic acids is 1. The van der Waals surface area contributed by atoms with Crippen LogP contribution in [0.5, 0.6) is 0 Å². The molecule has 7 heteroatoms. The minimum absolute atomic E-state index is 0.0918. The second-order valence-corrected chi connectivity index (χ2v) is 5.17. The minimum atomic E-state index is -1.13. The van der Waals surface area contributed by atoms with Crippen LogP contribution in [0.4, 0.5) is 0 Å². The first-order valence-corrected chi connectivity index (χ1v) is 6.90. The van der Waals surface area contributed by atoms with Crippen molar-refractivity contribution < 1.29 is 29.3 Å². The highest BCUT2D eigenvalue weighted by Crippen LogP contribution is 2.13. The average Bonchev–Trinajstić information content (AvgIpc) is 3.01. The maximum atomic E-state index is 12.0. The van der Waals surface area contributed by atoms with Crippen LogP contribution in [0, 0.1) is 5.92 Å². The molecule has 118 valence electrons. The summed E-state index contributed by atoms with van der Waals surface area (Å²) in [6, 6.07) is 4.85. The highest BCUT2D eigenvalue weighted by atomic mass is 16.5. The number of ether oxygens (including phenoxy) is 1. The summed E-state index contributed by atoms with van der Waals surface area (Å²) in [7, 11) is 0. The Kier molecular flexibility index (Phi) is 5.11. The van der Waals surface area contributed by atoms with Gasteiger partial charge in [0.25, 0.3) is 0 Å². The number of carbonyl (C=O) groups is 3. The summed E-state index contributed by atoms with van der Waals surface area (Å²) in [5, 5.41) is 20.6. The zero-order valence-corrected chi connectivity index (χ0v) is 11.8. The molecule has 1 amide bonds. The summed E-state index contributed by atoms with van der Waals surface area (Å²) in [5.74, 6) is -2.81. The van der Waals surface area contributed by atoms with E-state index in [-0.39, 0.29) is 23.8 Å². The Morgan fingerprint density at radius 1 is 1.23 bits per heavy atom. The molecular formula is C15H17NO6. The van der Waals surface area contributed by atoms with Crippen molar-refractivity contribution in [1.82, 2.24) is 5.32 Å².